The molecule has 0 radical (unpaired) electrons. The highest BCUT2D eigenvalue weighted by Gasteiger charge is 2.18. The number of nitrogens with one attached hydrogen (secondary N) is 1. The van der Waals surface area contributed by atoms with Gasteiger partial charge in [-0.25, -0.2) is 0 Å². The molecule has 5 heteroatoms. The Morgan fingerprint density at radius 2 is 2.24 bits per heavy atom. The van der Waals surface area contributed by atoms with Gasteiger partial charge in [-0.1, -0.05) is 19.9 Å². The van der Waals surface area contributed by atoms with Gasteiger partial charge in [0.2, 0.25) is 0 Å². The summed E-state index contributed by atoms with van der Waals surface area (Å²) in [6, 6.07) is 6.55. The van der Waals surface area contributed by atoms with Crippen molar-refractivity contribution in [3.05, 3.63) is 33.9 Å². The minimum atomic E-state index is -0.518. The quantitative estimate of drug-likeness (QED) is 0.626. The Hall–Kier alpha value is -2.09. The Morgan fingerprint density at radius 3 is 2.76 bits per heavy atom. The summed E-state index contributed by atoms with van der Waals surface area (Å²) in [5.41, 5.74) is 0.359. The van der Waals surface area contributed by atoms with Gasteiger partial charge >= 0.3 is 5.69 Å². The van der Waals surface area contributed by atoms with Gasteiger partial charge in [0.15, 0.2) is 0 Å². The van der Waals surface area contributed by atoms with E-state index in [1.54, 1.807) is 12.1 Å². The van der Waals surface area contributed by atoms with Gasteiger partial charge in [0.25, 0.3) is 0 Å². The lowest BCUT2D eigenvalue weighted by atomic mass is 10.1. The summed E-state index contributed by atoms with van der Waals surface area (Å²) in [6.07, 6.45) is 0.925. The van der Waals surface area contributed by atoms with Crippen molar-refractivity contribution in [1.29, 1.82) is 5.26 Å². The van der Waals surface area contributed by atoms with Gasteiger partial charge in [0.05, 0.1) is 4.92 Å². The molecule has 0 amide bonds. The van der Waals surface area contributed by atoms with Crippen LogP contribution in [-0.4, -0.2) is 11.5 Å². The van der Waals surface area contributed by atoms with E-state index in [4.69, 9.17) is 5.26 Å². The van der Waals surface area contributed by atoms with Crippen molar-refractivity contribution in [2.45, 2.75) is 20.3 Å². The summed E-state index contributed by atoms with van der Waals surface area (Å²) in [5.74, 6) is 0.528. The molecule has 1 rings (SSSR count). The van der Waals surface area contributed by atoms with Crippen molar-refractivity contribution in [2.75, 3.05) is 11.9 Å². The van der Waals surface area contributed by atoms with Crippen molar-refractivity contribution >= 4 is 11.4 Å². The van der Waals surface area contributed by atoms with Crippen LogP contribution in [-0.2, 0) is 0 Å². The molecule has 0 atom stereocenters. The lowest BCUT2D eigenvalue weighted by Gasteiger charge is -2.09. The number of hydrogen-bond donors (Lipinski definition) is 1. The summed E-state index contributed by atoms with van der Waals surface area (Å²) in [5, 5.41) is 22.7. The second-order valence-corrected chi connectivity index (χ2v) is 4.18. The first-order chi connectivity index (χ1) is 8.06. The van der Waals surface area contributed by atoms with Gasteiger partial charge in [-0.05, 0) is 24.5 Å². The van der Waals surface area contributed by atoms with Crippen molar-refractivity contribution in [2.24, 2.45) is 5.92 Å². The zero-order chi connectivity index (χ0) is 12.8. The first-order valence-electron chi connectivity index (χ1n) is 5.47. The maximum Gasteiger partial charge on any atom is 0.309 e. The van der Waals surface area contributed by atoms with Crippen molar-refractivity contribution in [3.63, 3.8) is 0 Å². The fourth-order valence-electron chi connectivity index (χ4n) is 1.47. The van der Waals surface area contributed by atoms with Crippen molar-refractivity contribution in [1.82, 2.24) is 0 Å². The fourth-order valence-corrected chi connectivity index (χ4v) is 1.47. The van der Waals surface area contributed by atoms with E-state index in [0.29, 0.717) is 18.2 Å². The molecule has 5 nitrogen and oxygen atoms in total. The minimum Gasteiger partial charge on any atom is -0.379 e. The van der Waals surface area contributed by atoms with Crippen LogP contribution in [0.1, 0.15) is 25.8 Å². The zero-order valence-corrected chi connectivity index (χ0v) is 9.93. The second-order valence-electron chi connectivity index (χ2n) is 4.18. The molecular weight excluding hydrogens is 218 g/mol. The number of benzene rings is 1. The molecule has 0 aromatic heterocycles. The summed E-state index contributed by atoms with van der Waals surface area (Å²) in [7, 11) is 0. The average molecular weight is 233 g/mol. The van der Waals surface area contributed by atoms with E-state index in [1.807, 2.05) is 6.07 Å². The summed E-state index contributed by atoms with van der Waals surface area (Å²) >= 11 is 0. The van der Waals surface area contributed by atoms with Crippen LogP contribution in [0.2, 0.25) is 0 Å². The number of nitro benzene ring substituents is 1. The highest BCUT2D eigenvalue weighted by molar-refractivity contribution is 5.68. The molecule has 0 unspecified atom stereocenters. The molecule has 0 bridgehead atoms. The van der Waals surface area contributed by atoms with Crippen LogP contribution in [0.15, 0.2) is 18.2 Å². The SMILES string of the molecule is CC(C)CCNc1cccc(C#N)c1[N+](=O)[O-]. The van der Waals surface area contributed by atoms with Gasteiger partial charge < -0.3 is 5.32 Å². The van der Waals surface area contributed by atoms with Crippen molar-refractivity contribution in [3.8, 4) is 6.07 Å². The molecule has 0 aliphatic heterocycles. The largest absolute Gasteiger partial charge is 0.379 e. The molecule has 17 heavy (non-hydrogen) atoms. The third-order valence-corrected chi connectivity index (χ3v) is 2.38. The lowest BCUT2D eigenvalue weighted by molar-refractivity contribution is -0.384. The van der Waals surface area contributed by atoms with E-state index in [9.17, 15) is 10.1 Å². The van der Waals surface area contributed by atoms with Crippen LogP contribution < -0.4 is 5.32 Å². The minimum absolute atomic E-state index is 0.0875. The number of rotatable bonds is 5. The molecule has 0 spiro atoms. The first-order valence-corrected chi connectivity index (χ1v) is 5.47. The molecule has 1 aromatic rings. The number of para-hydroxylation sites is 1. The Bertz CT molecular complexity index is 450. The predicted molar refractivity (Wildman–Crippen MR) is 65.8 cm³/mol. The van der Waals surface area contributed by atoms with Crippen molar-refractivity contribution < 1.29 is 4.92 Å². The highest BCUT2D eigenvalue weighted by Crippen LogP contribution is 2.27. The van der Waals surface area contributed by atoms with Gasteiger partial charge in [-0.2, -0.15) is 5.26 Å². The molecule has 1 aromatic carbocycles. The lowest BCUT2D eigenvalue weighted by Crippen LogP contribution is -2.07. The summed E-state index contributed by atoms with van der Waals surface area (Å²) in [6.45, 7) is 4.83. The van der Waals surface area contributed by atoms with E-state index in [-0.39, 0.29) is 11.3 Å². The highest BCUT2D eigenvalue weighted by atomic mass is 16.6. The van der Waals surface area contributed by atoms with Crippen LogP contribution in [0.25, 0.3) is 0 Å². The number of nitro groups is 1. The molecule has 0 aliphatic rings. The molecule has 0 fully saturated rings. The van der Waals surface area contributed by atoms with E-state index in [1.165, 1.54) is 6.07 Å². The Labute approximate surface area is 100 Å². The Kier molecular flexibility index (Phi) is 4.46. The molecule has 90 valence electrons. The normalized spacial score (nSPS) is 10.0. The molecule has 1 N–H and O–H groups in total. The zero-order valence-electron chi connectivity index (χ0n) is 9.93. The fraction of sp³-hybridized carbons (Fsp3) is 0.417. The van der Waals surface area contributed by atoms with Crippen LogP contribution in [0.4, 0.5) is 11.4 Å². The third-order valence-electron chi connectivity index (χ3n) is 2.38. The van der Waals surface area contributed by atoms with Crippen LogP contribution >= 0.6 is 0 Å². The number of nitrogens with zero attached hydrogens (tertiary/aromatic N) is 2. The van der Waals surface area contributed by atoms with E-state index >= 15 is 0 Å². The molecule has 0 saturated heterocycles. The van der Waals surface area contributed by atoms with Gasteiger partial charge in [-0.15, -0.1) is 0 Å². The standard InChI is InChI=1S/C12H15N3O2/c1-9(2)6-7-14-11-5-3-4-10(8-13)12(11)15(16)17/h3-5,9,14H,6-7H2,1-2H3. The molecule has 0 heterocycles. The number of anilines is 1. The topological polar surface area (TPSA) is 79.0 Å². The summed E-state index contributed by atoms with van der Waals surface area (Å²) < 4.78 is 0. The predicted octanol–water partition coefficient (Wildman–Crippen LogP) is 2.92. The smallest absolute Gasteiger partial charge is 0.309 e. The summed E-state index contributed by atoms with van der Waals surface area (Å²) in [4.78, 5) is 10.4. The van der Waals surface area contributed by atoms with E-state index in [0.717, 1.165) is 6.42 Å². The number of hydrogen-bond acceptors (Lipinski definition) is 4. The van der Waals surface area contributed by atoms with Crippen LogP contribution in [0, 0.1) is 27.4 Å². The van der Waals surface area contributed by atoms with Crippen LogP contribution in [0.5, 0.6) is 0 Å². The third kappa shape index (κ3) is 3.45. The maximum absolute atomic E-state index is 10.9. The monoisotopic (exact) mass is 233 g/mol. The van der Waals surface area contributed by atoms with E-state index in [2.05, 4.69) is 19.2 Å². The van der Waals surface area contributed by atoms with Crippen LogP contribution in [0.3, 0.4) is 0 Å². The molecule has 0 saturated carbocycles. The Morgan fingerprint density at radius 1 is 1.53 bits per heavy atom. The average Bonchev–Trinajstić information content (AvgIpc) is 2.27. The first kappa shape index (κ1) is 13.0. The number of nitriles is 1. The Balaban J connectivity index is 2.92. The van der Waals surface area contributed by atoms with Gasteiger partial charge in [0.1, 0.15) is 17.3 Å². The maximum atomic E-state index is 10.9. The van der Waals surface area contributed by atoms with Gasteiger partial charge in [0, 0.05) is 6.54 Å². The second kappa shape index (κ2) is 5.85. The molecule has 0 aliphatic carbocycles. The molecular formula is C12H15N3O2. The van der Waals surface area contributed by atoms with E-state index < -0.39 is 4.92 Å². The van der Waals surface area contributed by atoms with Gasteiger partial charge in [-0.3, -0.25) is 10.1 Å².